The number of anilines is 4. The van der Waals surface area contributed by atoms with Gasteiger partial charge in [-0.15, -0.1) is 0 Å². The van der Waals surface area contributed by atoms with Gasteiger partial charge in [-0.25, -0.2) is 0 Å². The molecule has 288 valence electrons. The molecule has 3 fully saturated rings. The van der Waals surface area contributed by atoms with E-state index in [1.165, 1.54) is 6.07 Å². The van der Waals surface area contributed by atoms with Gasteiger partial charge in [0.05, 0.1) is 29.4 Å². The Morgan fingerprint density at radius 3 is 2.40 bits per heavy atom. The Hall–Kier alpha value is -5.53. The first-order chi connectivity index (χ1) is 26.1. The Morgan fingerprint density at radius 1 is 1.02 bits per heavy atom. The maximum absolute atomic E-state index is 13.8. The van der Waals surface area contributed by atoms with Gasteiger partial charge in [-0.2, -0.15) is 18.4 Å². The van der Waals surface area contributed by atoms with Crippen molar-refractivity contribution in [2.24, 2.45) is 0 Å². The summed E-state index contributed by atoms with van der Waals surface area (Å²) in [6, 6.07) is 16.6. The van der Waals surface area contributed by atoms with Crippen LogP contribution in [0.2, 0.25) is 0 Å². The Balaban J connectivity index is 1.05. The molecule has 3 aromatic carbocycles. The zero-order valence-electron chi connectivity index (χ0n) is 30.5. The number of carbonyl (C=O) groups excluding carboxylic acids is 4. The molecule has 0 aromatic heterocycles. The summed E-state index contributed by atoms with van der Waals surface area (Å²) in [7, 11) is 0. The molecule has 0 saturated carbocycles. The number of ether oxygens (including phenoxy) is 1. The van der Waals surface area contributed by atoms with Crippen LogP contribution in [0, 0.1) is 11.3 Å². The van der Waals surface area contributed by atoms with Gasteiger partial charge < -0.3 is 20.3 Å². The molecule has 6 rings (SSSR count). The lowest BCUT2D eigenvalue weighted by Crippen LogP contribution is -2.47. The number of hydrogen-bond donors (Lipinski definition) is 3. The van der Waals surface area contributed by atoms with Crippen LogP contribution >= 0.6 is 12.2 Å². The minimum Gasteiger partial charge on any atom is -0.490 e. The van der Waals surface area contributed by atoms with Gasteiger partial charge in [0.2, 0.25) is 17.7 Å². The molecular weight excluding hydrogens is 736 g/mol. The third-order valence-corrected chi connectivity index (χ3v) is 10.3. The summed E-state index contributed by atoms with van der Waals surface area (Å²) in [5.41, 5.74) is -0.337. The summed E-state index contributed by atoms with van der Waals surface area (Å²) >= 11 is 5.71. The number of carbonyl (C=O) groups is 4. The third-order valence-electron chi connectivity index (χ3n) is 9.96. The Labute approximate surface area is 321 Å². The van der Waals surface area contributed by atoms with Gasteiger partial charge in [0.1, 0.15) is 23.4 Å². The maximum atomic E-state index is 13.8. The van der Waals surface area contributed by atoms with E-state index in [-0.39, 0.29) is 47.6 Å². The minimum absolute atomic E-state index is 0.0107. The minimum atomic E-state index is -4.80. The first kappa shape index (κ1) is 39.2. The van der Waals surface area contributed by atoms with Crippen molar-refractivity contribution in [3.8, 4) is 11.8 Å². The summed E-state index contributed by atoms with van der Waals surface area (Å²) in [5, 5.41) is 17.6. The van der Waals surface area contributed by atoms with E-state index in [0.29, 0.717) is 61.6 Å². The monoisotopic (exact) mass is 775 g/mol. The first-order valence-corrected chi connectivity index (χ1v) is 18.3. The smallest absolute Gasteiger partial charge is 0.417 e. The van der Waals surface area contributed by atoms with Gasteiger partial charge in [0, 0.05) is 36.6 Å². The molecular formula is C39H40F3N7O5S. The number of nitrogens with zero attached hydrogens (tertiary/aromatic N) is 4. The summed E-state index contributed by atoms with van der Waals surface area (Å²) in [6.07, 6.45) is -2.30. The number of likely N-dealkylation sites (tertiary alicyclic amines) is 1. The quantitative estimate of drug-likeness (QED) is 0.172. The second-order valence-corrected chi connectivity index (χ2v) is 14.5. The van der Waals surface area contributed by atoms with Crippen molar-refractivity contribution in [3.63, 3.8) is 0 Å². The van der Waals surface area contributed by atoms with Gasteiger partial charge in [-0.1, -0.05) is 13.0 Å². The van der Waals surface area contributed by atoms with E-state index in [1.54, 1.807) is 55.1 Å². The number of hydrogen-bond acceptors (Lipinski definition) is 9. The molecule has 3 heterocycles. The second kappa shape index (κ2) is 15.7. The molecule has 16 heteroatoms. The average Bonchev–Trinajstić information content (AvgIpc) is 3.31. The summed E-state index contributed by atoms with van der Waals surface area (Å²) in [4.78, 5) is 54.9. The van der Waals surface area contributed by atoms with E-state index in [1.807, 2.05) is 19.1 Å². The SMILES string of the molecule is CCc1cc(N2C(=S)N(c3ccc(C#N)c(C(F)(F)F)c3)C(=O)C2(C)C)ccc1OC1CCN(CC(=O)Nc2cccc(NC3CCC(=O)NC3=O)c2)CC1. The average molecular weight is 776 g/mol. The van der Waals surface area contributed by atoms with Crippen LogP contribution in [-0.4, -0.2) is 71.0 Å². The fourth-order valence-electron chi connectivity index (χ4n) is 7.04. The zero-order chi connectivity index (χ0) is 39.7. The Kier molecular flexibility index (Phi) is 11.2. The topological polar surface area (TPSA) is 147 Å². The number of alkyl halides is 3. The number of benzene rings is 3. The van der Waals surface area contributed by atoms with Gasteiger partial charge in [-0.3, -0.25) is 34.3 Å². The van der Waals surface area contributed by atoms with Crippen molar-refractivity contribution < 1.29 is 37.1 Å². The predicted molar refractivity (Wildman–Crippen MR) is 204 cm³/mol. The molecule has 12 nitrogen and oxygen atoms in total. The molecule has 3 aliphatic rings. The van der Waals surface area contributed by atoms with Gasteiger partial charge in [0.25, 0.3) is 5.91 Å². The van der Waals surface area contributed by atoms with Crippen LogP contribution in [0.5, 0.6) is 5.75 Å². The molecule has 0 radical (unpaired) electrons. The highest BCUT2D eigenvalue weighted by Crippen LogP contribution is 2.41. The van der Waals surface area contributed by atoms with Crippen LogP contribution in [0.4, 0.5) is 35.9 Å². The summed E-state index contributed by atoms with van der Waals surface area (Å²) < 4.78 is 47.7. The Morgan fingerprint density at radius 2 is 1.73 bits per heavy atom. The number of rotatable bonds is 10. The van der Waals surface area contributed by atoms with E-state index in [2.05, 4.69) is 20.9 Å². The second-order valence-electron chi connectivity index (χ2n) is 14.2. The van der Waals surface area contributed by atoms with Gasteiger partial charge >= 0.3 is 6.18 Å². The van der Waals surface area contributed by atoms with Crippen LogP contribution in [0.1, 0.15) is 63.1 Å². The van der Waals surface area contributed by atoms with Crippen molar-refractivity contribution in [3.05, 3.63) is 77.4 Å². The summed E-state index contributed by atoms with van der Waals surface area (Å²) in [6.45, 7) is 6.72. The first-order valence-electron chi connectivity index (χ1n) is 17.9. The molecule has 0 aliphatic carbocycles. The fraction of sp³-hybridized carbons (Fsp3) is 0.385. The molecule has 3 aromatic rings. The molecule has 3 N–H and O–H groups in total. The van der Waals surface area contributed by atoms with Crippen LogP contribution in [0.15, 0.2) is 60.7 Å². The van der Waals surface area contributed by atoms with Crippen molar-refractivity contribution >= 4 is 63.7 Å². The van der Waals surface area contributed by atoms with E-state index in [0.717, 1.165) is 22.6 Å². The Bertz CT molecular complexity index is 2080. The van der Waals surface area contributed by atoms with Gasteiger partial charge in [-0.05, 0) is 112 Å². The number of imide groups is 1. The fourth-order valence-corrected chi connectivity index (χ4v) is 7.57. The van der Waals surface area contributed by atoms with Crippen molar-refractivity contribution in [2.75, 3.05) is 40.1 Å². The molecule has 1 atom stereocenters. The van der Waals surface area contributed by atoms with Crippen LogP contribution in [-0.2, 0) is 31.8 Å². The molecule has 3 aliphatic heterocycles. The van der Waals surface area contributed by atoms with Crippen molar-refractivity contribution in [1.82, 2.24) is 10.2 Å². The lowest BCUT2D eigenvalue weighted by Gasteiger charge is -2.33. The summed E-state index contributed by atoms with van der Waals surface area (Å²) in [5.74, 6) is -0.688. The molecule has 0 spiro atoms. The number of nitrogens with one attached hydrogen (secondary N) is 3. The number of amides is 4. The van der Waals surface area contributed by atoms with E-state index < -0.39 is 34.8 Å². The molecule has 3 saturated heterocycles. The lowest BCUT2D eigenvalue weighted by molar-refractivity contribution is -0.138. The predicted octanol–water partition coefficient (Wildman–Crippen LogP) is 5.76. The largest absolute Gasteiger partial charge is 0.490 e. The standard InChI is InChI=1S/C39H40F3N7O5S/c1-4-23-18-28(49-37(55)48(36(53)38(49,2)3)27-9-8-24(21-43)30(20-27)39(40,41)42)10-12-32(23)54-29-14-16-47(17-15-29)22-34(51)45-26-7-5-6-25(19-26)44-31-11-13-33(50)46-35(31)52/h5-10,12,18-20,29,31,44H,4,11,13-17,22H2,1-3H3,(H,45,51)(H,46,50,52). The van der Waals surface area contributed by atoms with Crippen LogP contribution < -0.4 is 30.5 Å². The third kappa shape index (κ3) is 8.42. The number of halogens is 3. The molecule has 55 heavy (non-hydrogen) atoms. The van der Waals surface area contributed by atoms with E-state index in [9.17, 15) is 37.6 Å². The van der Waals surface area contributed by atoms with Gasteiger partial charge in [0.15, 0.2) is 5.11 Å². The molecule has 1 unspecified atom stereocenters. The van der Waals surface area contributed by atoms with E-state index >= 15 is 0 Å². The number of aryl methyl sites for hydroxylation is 1. The molecule has 4 amide bonds. The van der Waals surface area contributed by atoms with E-state index in [4.69, 9.17) is 17.0 Å². The highest BCUT2D eigenvalue weighted by atomic mass is 32.1. The number of thiocarbonyl (C=S) groups is 1. The van der Waals surface area contributed by atoms with Crippen LogP contribution in [0.25, 0.3) is 0 Å². The number of nitriles is 1. The normalized spacial score (nSPS) is 19.3. The van der Waals surface area contributed by atoms with Crippen molar-refractivity contribution in [1.29, 1.82) is 5.26 Å². The highest BCUT2D eigenvalue weighted by molar-refractivity contribution is 7.81. The molecule has 0 bridgehead atoms. The lowest BCUT2D eigenvalue weighted by atomic mass is 10.0. The maximum Gasteiger partial charge on any atom is 0.417 e. The highest BCUT2D eigenvalue weighted by Gasteiger charge is 2.51. The van der Waals surface area contributed by atoms with Crippen LogP contribution in [0.3, 0.4) is 0 Å². The van der Waals surface area contributed by atoms with Crippen molar-refractivity contribution in [2.45, 2.75) is 76.7 Å². The number of piperidine rings is 2. The zero-order valence-corrected chi connectivity index (χ0v) is 31.3.